The van der Waals surface area contributed by atoms with Crippen LogP contribution in [-0.2, 0) is 0 Å². The van der Waals surface area contributed by atoms with Crippen LogP contribution in [0.3, 0.4) is 0 Å². The highest BCUT2D eigenvalue weighted by Crippen LogP contribution is 2.30. The number of carbonyl (C=O) groups is 2. The highest BCUT2D eigenvalue weighted by molar-refractivity contribution is 7.12. The van der Waals surface area contributed by atoms with Crippen LogP contribution in [0, 0.1) is 10.1 Å². The predicted octanol–water partition coefficient (Wildman–Crippen LogP) is 5.43. The molecule has 2 amide bonds. The van der Waals surface area contributed by atoms with E-state index in [4.69, 9.17) is 9.15 Å². The first-order valence-corrected chi connectivity index (χ1v) is 10.5. The number of hydrogen-bond donors (Lipinski definition) is 2. The van der Waals surface area contributed by atoms with E-state index in [1.165, 1.54) is 36.6 Å². The van der Waals surface area contributed by atoms with E-state index in [0.29, 0.717) is 33.3 Å². The molecular weight excluding hydrogens is 446 g/mol. The molecule has 2 heterocycles. The fourth-order valence-electron chi connectivity index (χ4n) is 3.04. The van der Waals surface area contributed by atoms with Gasteiger partial charge in [0.2, 0.25) is 0 Å². The number of benzene rings is 2. The number of nitrogens with zero attached hydrogens (tertiary/aromatic N) is 1. The molecule has 166 valence electrons. The summed E-state index contributed by atoms with van der Waals surface area (Å²) in [7, 11) is 1.46. The first-order chi connectivity index (χ1) is 15.9. The van der Waals surface area contributed by atoms with Gasteiger partial charge in [0.15, 0.2) is 5.76 Å². The van der Waals surface area contributed by atoms with Gasteiger partial charge >= 0.3 is 0 Å². The molecule has 2 N–H and O–H groups in total. The molecule has 2 aromatic carbocycles. The zero-order chi connectivity index (χ0) is 23.4. The maximum absolute atomic E-state index is 12.6. The van der Waals surface area contributed by atoms with Gasteiger partial charge in [-0.05, 0) is 35.7 Å². The first-order valence-electron chi connectivity index (χ1n) is 9.63. The molecule has 0 aliphatic carbocycles. The number of furan rings is 1. The fourth-order valence-corrected chi connectivity index (χ4v) is 3.66. The molecule has 0 atom stereocenters. The highest BCUT2D eigenvalue weighted by atomic mass is 32.1. The number of nitro groups is 1. The fraction of sp³-hybridized carbons (Fsp3) is 0.0435. The lowest BCUT2D eigenvalue weighted by Gasteiger charge is -2.12. The maximum Gasteiger partial charge on any atom is 0.291 e. The molecule has 10 heteroatoms. The number of anilines is 2. The number of amides is 2. The average molecular weight is 463 g/mol. The monoisotopic (exact) mass is 463 g/mol. The molecule has 4 rings (SSSR count). The Labute approximate surface area is 191 Å². The Bertz CT molecular complexity index is 1330. The number of thiophene rings is 1. The summed E-state index contributed by atoms with van der Waals surface area (Å²) in [6, 6.07) is 17.3. The number of carbonyl (C=O) groups excluding carboxylic acids is 2. The summed E-state index contributed by atoms with van der Waals surface area (Å²) in [5.41, 5.74) is 1.29. The van der Waals surface area contributed by atoms with Gasteiger partial charge < -0.3 is 19.8 Å². The van der Waals surface area contributed by atoms with Gasteiger partial charge in [0, 0.05) is 29.4 Å². The third-order valence-corrected chi connectivity index (χ3v) is 5.49. The lowest BCUT2D eigenvalue weighted by molar-refractivity contribution is -0.384. The summed E-state index contributed by atoms with van der Waals surface area (Å²) < 4.78 is 10.9. The van der Waals surface area contributed by atoms with Crippen LogP contribution in [0.15, 0.2) is 76.5 Å². The summed E-state index contributed by atoms with van der Waals surface area (Å²) in [6.07, 6.45) is 0. The topological polar surface area (TPSA) is 124 Å². The van der Waals surface area contributed by atoms with E-state index in [-0.39, 0.29) is 17.4 Å². The minimum absolute atomic E-state index is 0.0329. The second-order valence-corrected chi connectivity index (χ2v) is 7.72. The van der Waals surface area contributed by atoms with Gasteiger partial charge in [-0.3, -0.25) is 19.7 Å². The Kier molecular flexibility index (Phi) is 6.18. The number of hydrogen-bond acceptors (Lipinski definition) is 7. The third kappa shape index (κ3) is 4.91. The van der Waals surface area contributed by atoms with Crippen molar-refractivity contribution in [3.63, 3.8) is 0 Å². The van der Waals surface area contributed by atoms with Crippen LogP contribution in [0.2, 0.25) is 0 Å². The molecule has 9 nitrogen and oxygen atoms in total. The molecule has 2 aromatic heterocycles. The van der Waals surface area contributed by atoms with Crippen molar-refractivity contribution >= 4 is 40.2 Å². The van der Waals surface area contributed by atoms with Gasteiger partial charge in [-0.2, -0.15) is 0 Å². The zero-order valence-corrected chi connectivity index (χ0v) is 18.0. The second-order valence-electron chi connectivity index (χ2n) is 6.77. The van der Waals surface area contributed by atoms with Gasteiger partial charge in [0.05, 0.1) is 22.6 Å². The molecular formula is C23H17N3O6S. The van der Waals surface area contributed by atoms with Crippen molar-refractivity contribution in [2.24, 2.45) is 0 Å². The minimum Gasteiger partial charge on any atom is -0.494 e. The van der Waals surface area contributed by atoms with Crippen molar-refractivity contribution in [2.45, 2.75) is 0 Å². The van der Waals surface area contributed by atoms with Crippen LogP contribution < -0.4 is 15.4 Å². The molecule has 0 aliphatic rings. The van der Waals surface area contributed by atoms with Gasteiger partial charge in [-0.15, -0.1) is 11.3 Å². The lowest BCUT2D eigenvalue weighted by atomic mass is 10.1. The molecule has 0 spiro atoms. The normalized spacial score (nSPS) is 10.5. The van der Waals surface area contributed by atoms with E-state index in [1.807, 2.05) is 5.38 Å². The number of rotatable bonds is 7. The number of nitro benzene ring substituents is 1. The van der Waals surface area contributed by atoms with Crippen molar-refractivity contribution < 1.29 is 23.7 Å². The van der Waals surface area contributed by atoms with E-state index in [0.717, 1.165) is 0 Å². The highest BCUT2D eigenvalue weighted by Gasteiger charge is 2.16. The average Bonchev–Trinajstić information content (AvgIpc) is 3.53. The molecule has 0 aliphatic heterocycles. The number of nitrogens with one attached hydrogen (secondary N) is 2. The first kappa shape index (κ1) is 21.8. The Hall–Kier alpha value is -4.44. The molecule has 4 aromatic rings. The molecule has 0 saturated heterocycles. The molecule has 0 fully saturated rings. The standard InChI is InChI=1S/C23H17N3O6S/c1-31-20-13-15(7-8-17(20)25-23(28)21-6-3-11-33-21)24-22(27)19-10-9-18(32-19)14-4-2-5-16(12-14)26(29)30/h2-13H,1H3,(H,24,27)(H,25,28). The lowest BCUT2D eigenvalue weighted by Crippen LogP contribution is -2.13. The number of ether oxygens (including phenoxy) is 1. The summed E-state index contributed by atoms with van der Waals surface area (Å²) in [5, 5.41) is 18.3. The smallest absolute Gasteiger partial charge is 0.291 e. The summed E-state index contributed by atoms with van der Waals surface area (Å²) in [6.45, 7) is 0. The molecule has 0 radical (unpaired) electrons. The van der Waals surface area contributed by atoms with Gasteiger partial charge in [0.1, 0.15) is 11.5 Å². The van der Waals surface area contributed by atoms with E-state index < -0.39 is 10.8 Å². The van der Waals surface area contributed by atoms with Gasteiger partial charge in [-0.25, -0.2) is 0 Å². The Morgan fingerprint density at radius 2 is 1.85 bits per heavy atom. The Morgan fingerprint density at radius 1 is 1.00 bits per heavy atom. The van der Waals surface area contributed by atoms with Gasteiger partial charge in [0.25, 0.3) is 17.5 Å². The predicted molar refractivity (Wildman–Crippen MR) is 124 cm³/mol. The summed E-state index contributed by atoms with van der Waals surface area (Å²) in [4.78, 5) is 36.0. The van der Waals surface area contributed by atoms with Crippen molar-refractivity contribution in [3.05, 3.63) is 92.9 Å². The third-order valence-electron chi connectivity index (χ3n) is 4.62. The van der Waals surface area contributed by atoms with Crippen LogP contribution in [0.4, 0.5) is 17.1 Å². The van der Waals surface area contributed by atoms with Gasteiger partial charge in [-0.1, -0.05) is 18.2 Å². The van der Waals surface area contributed by atoms with Crippen LogP contribution in [0.1, 0.15) is 20.2 Å². The van der Waals surface area contributed by atoms with Crippen LogP contribution in [0.5, 0.6) is 5.75 Å². The van der Waals surface area contributed by atoms with Crippen molar-refractivity contribution in [3.8, 4) is 17.1 Å². The number of methoxy groups -OCH3 is 1. The van der Waals surface area contributed by atoms with Crippen LogP contribution >= 0.6 is 11.3 Å². The van der Waals surface area contributed by atoms with E-state index in [2.05, 4.69) is 10.6 Å². The van der Waals surface area contributed by atoms with E-state index >= 15 is 0 Å². The van der Waals surface area contributed by atoms with Crippen molar-refractivity contribution in [1.82, 2.24) is 0 Å². The molecule has 0 saturated carbocycles. The summed E-state index contributed by atoms with van der Waals surface area (Å²) >= 11 is 1.32. The van der Waals surface area contributed by atoms with Crippen molar-refractivity contribution in [2.75, 3.05) is 17.7 Å². The Balaban J connectivity index is 1.48. The quantitative estimate of drug-likeness (QED) is 0.278. The van der Waals surface area contributed by atoms with Crippen LogP contribution in [0.25, 0.3) is 11.3 Å². The molecule has 0 unspecified atom stereocenters. The molecule has 0 bridgehead atoms. The zero-order valence-electron chi connectivity index (χ0n) is 17.2. The summed E-state index contributed by atoms with van der Waals surface area (Å²) in [5.74, 6) is -0.0403. The minimum atomic E-state index is -0.510. The van der Waals surface area contributed by atoms with E-state index in [1.54, 1.807) is 48.5 Å². The largest absolute Gasteiger partial charge is 0.494 e. The maximum atomic E-state index is 12.6. The van der Waals surface area contributed by atoms with Crippen molar-refractivity contribution in [1.29, 1.82) is 0 Å². The molecule has 33 heavy (non-hydrogen) atoms. The number of non-ortho nitro benzene ring substituents is 1. The van der Waals surface area contributed by atoms with Crippen LogP contribution in [-0.4, -0.2) is 23.8 Å². The second kappa shape index (κ2) is 9.37. The Morgan fingerprint density at radius 3 is 2.58 bits per heavy atom. The SMILES string of the molecule is COc1cc(NC(=O)c2ccc(-c3cccc([N+](=O)[O-])c3)o2)ccc1NC(=O)c1cccs1. The van der Waals surface area contributed by atoms with E-state index in [9.17, 15) is 19.7 Å².